The Kier molecular flexibility index (Phi) is 3.25. The monoisotopic (exact) mass is 274 g/mol. The highest BCUT2D eigenvalue weighted by atomic mass is 32.1. The molecule has 0 radical (unpaired) electrons. The number of hydrogen-bond acceptors (Lipinski definition) is 5. The molecule has 0 spiro atoms. The summed E-state index contributed by atoms with van der Waals surface area (Å²) in [6, 6.07) is 0. The molecule has 1 aliphatic carbocycles. The van der Waals surface area contributed by atoms with E-state index in [4.69, 9.17) is 0 Å². The first-order valence-corrected chi connectivity index (χ1v) is 7.12. The maximum absolute atomic E-state index is 12.3. The van der Waals surface area contributed by atoms with Crippen LogP contribution in [-0.4, -0.2) is 20.9 Å². The van der Waals surface area contributed by atoms with Crippen LogP contribution in [0.25, 0.3) is 0 Å². The van der Waals surface area contributed by atoms with Crippen LogP contribution in [0.2, 0.25) is 0 Å². The van der Waals surface area contributed by atoms with Gasteiger partial charge in [0.05, 0.1) is 11.2 Å². The van der Waals surface area contributed by atoms with Gasteiger partial charge in [-0.2, -0.15) is 0 Å². The van der Waals surface area contributed by atoms with E-state index in [0.29, 0.717) is 5.69 Å². The number of anilines is 1. The van der Waals surface area contributed by atoms with Crippen molar-refractivity contribution in [2.45, 2.75) is 32.6 Å². The van der Waals surface area contributed by atoms with Crippen molar-refractivity contribution in [2.75, 3.05) is 5.32 Å². The standard InChI is InChI=1S/C13H14N4OS/c1-8-14-6-11(19-8)17-13(18)12-9-4-2-3-5-10(9)15-7-16-12/h6-7H,2-5H2,1H3,(H,17,18). The van der Waals surface area contributed by atoms with Gasteiger partial charge in [0.1, 0.15) is 17.0 Å². The second kappa shape index (κ2) is 5.05. The molecule has 1 amide bonds. The molecule has 5 nitrogen and oxygen atoms in total. The normalized spacial score (nSPS) is 13.9. The molecule has 2 aromatic rings. The molecule has 6 heteroatoms. The summed E-state index contributed by atoms with van der Waals surface area (Å²) in [5.74, 6) is -0.163. The molecular weight excluding hydrogens is 260 g/mol. The minimum absolute atomic E-state index is 0.163. The minimum atomic E-state index is -0.163. The van der Waals surface area contributed by atoms with E-state index in [1.165, 1.54) is 17.7 Å². The topological polar surface area (TPSA) is 67.8 Å². The maximum atomic E-state index is 12.3. The van der Waals surface area contributed by atoms with Gasteiger partial charge in [0.2, 0.25) is 0 Å². The van der Waals surface area contributed by atoms with Crippen molar-refractivity contribution in [3.8, 4) is 0 Å². The number of carbonyl (C=O) groups excluding carboxylic acids is 1. The van der Waals surface area contributed by atoms with Gasteiger partial charge >= 0.3 is 0 Å². The van der Waals surface area contributed by atoms with Gasteiger partial charge in [-0.15, -0.1) is 11.3 Å². The molecule has 0 aromatic carbocycles. The van der Waals surface area contributed by atoms with Gasteiger partial charge in [-0.05, 0) is 32.6 Å². The van der Waals surface area contributed by atoms with Gasteiger partial charge in [0.25, 0.3) is 5.91 Å². The Morgan fingerprint density at radius 1 is 1.26 bits per heavy atom. The van der Waals surface area contributed by atoms with Gasteiger partial charge < -0.3 is 5.32 Å². The third kappa shape index (κ3) is 2.49. The Morgan fingerprint density at radius 2 is 2.11 bits per heavy atom. The van der Waals surface area contributed by atoms with Gasteiger partial charge in [0.15, 0.2) is 0 Å². The highest BCUT2D eigenvalue weighted by Crippen LogP contribution is 2.23. The second-order valence-corrected chi connectivity index (χ2v) is 5.79. The number of fused-ring (bicyclic) bond motifs is 1. The Morgan fingerprint density at radius 3 is 2.89 bits per heavy atom. The summed E-state index contributed by atoms with van der Waals surface area (Å²) in [6.07, 6.45) is 7.22. The van der Waals surface area contributed by atoms with E-state index in [2.05, 4.69) is 20.3 Å². The molecule has 2 aromatic heterocycles. The largest absolute Gasteiger partial charge is 0.311 e. The van der Waals surface area contributed by atoms with E-state index in [-0.39, 0.29) is 5.91 Å². The van der Waals surface area contributed by atoms with Crippen molar-refractivity contribution in [1.29, 1.82) is 0 Å². The summed E-state index contributed by atoms with van der Waals surface area (Å²) in [4.78, 5) is 24.8. The van der Waals surface area contributed by atoms with Gasteiger partial charge in [-0.25, -0.2) is 15.0 Å². The molecule has 0 aliphatic heterocycles. The zero-order valence-corrected chi connectivity index (χ0v) is 11.5. The van der Waals surface area contributed by atoms with Crippen LogP contribution in [-0.2, 0) is 12.8 Å². The Labute approximate surface area is 115 Å². The first kappa shape index (κ1) is 12.2. The summed E-state index contributed by atoms with van der Waals surface area (Å²) in [5.41, 5.74) is 2.54. The van der Waals surface area contributed by atoms with E-state index < -0.39 is 0 Å². The number of nitrogens with one attached hydrogen (secondary N) is 1. The summed E-state index contributed by atoms with van der Waals surface area (Å²) < 4.78 is 0. The molecule has 0 unspecified atom stereocenters. The van der Waals surface area contributed by atoms with Gasteiger partial charge in [0, 0.05) is 11.3 Å². The molecule has 0 fully saturated rings. The number of nitrogens with zero attached hydrogens (tertiary/aromatic N) is 3. The lowest BCUT2D eigenvalue weighted by molar-refractivity contribution is 0.102. The third-order valence-electron chi connectivity index (χ3n) is 3.20. The fourth-order valence-electron chi connectivity index (χ4n) is 2.31. The summed E-state index contributed by atoms with van der Waals surface area (Å²) >= 11 is 1.46. The van der Waals surface area contributed by atoms with Crippen LogP contribution in [0.4, 0.5) is 5.00 Å². The molecule has 0 bridgehead atoms. The van der Waals surface area contributed by atoms with E-state index in [0.717, 1.165) is 46.9 Å². The smallest absolute Gasteiger partial charge is 0.275 e. The zero-order valence-electron chi connectivity index (χ0n) is 10.6. The molecule has 1 aliphatic rings. The average Bonchev–Trinajstić information content (AvgIpc) is 2.83. The maximum Gasteiger partial charge on any atom is 0.275 e. The van der Waals surface area contributed by atoms with Crippen LogP contribution in [0.5, 0.6) is 0 Å². The van der Waals surface area contributed by atoms with Crippen LogP contribution in [0.1, 0.15) is 39.6 Å². The number of amides is 1. The van der Waals surface area contributed by atoms with Crippen LogP contribution < -0.4 is 5.32 Å². The Hall–Kier alpha value is -1.82. The molecule has 2 heterocycles. The van der Waals surface area contributed by atoms with E-state index in [9.17, 15) is 4.79 Å². The quantitative estimate of drug-likeness (QED) is 0.913. The van der Waals surface area contributed by atoms with Crippen LogP contribution in [0.15, 0.2) is 12.5 Å². The third-order valence-corrected chi connectivity index (χ3v) is 4.03. The van der Waals surface area contributed by atoms with Gasteiger partial charge in [-0.1, -0.05) is 0 Å². The highest BCUT2D eigenvalue weighted by molar-refractivity contribution is 7.15. The summed E-state index contributed by atoms with van der Waals surface area (Å²) in [5, 5.41) is 4.54. The van der Waals surface area contributed by atoms with Crippen molar-refractivity contribution in [1.82, 2.24) is 15.0 Å². The molecule has 0 saturated heterocycles. The fraction of sp³-hybridized carbons (Fsp3) is 0.385. The van der Waals surface area contributed by atoms with Gasteiger partial charge in [-0.3, -0.25) is 4.79 Å². The fourth-order valence-corrected chi connectivity index (χ4v) is 2.98. The number of hydrogen-bond donors (Lipinski definition) is 1. The first-order valence-electron chi connectivity index (χ1n) is 6.30. The average molecular weight is 274 g/mol. The lowest BCUT2D eigenvalue weighted by atomic mass is 9.94. The summed E-state index contributed by atoms with van der Waals surface area (Å²) in [6.45, 7) is 1.91. The van der Waals surface area contributed by atoms with Crippen molar-refractivity contribution in [3.05, 3.63) is 34.5 Å². The number of thiazole rings is 1. The first-order chi connectivity index (χ1) is 9.24. The lowest BCUT2D eigenvalue weighted by Crippen LogP contribution is -2.19. The lowest BCUT2D eigenvalue weighted by Gasteiger charge is -2.16. The van der Waals surface area contributed by atoms with E-state index in [1.54, 1.807) is 6.20 Å². The number of aryl methyl sites for hydroxylation is 2. The predicted molar refractivity (Wildman–Crippen MR) is 73.5 cm³/mol. The van der Waals surface area contributed by atoms with E-state index in [1.807, 2.05) is 6.92 Å². The molecule has 19 heavy (non-hydrogen) atoms. The SMILES string of the molecule is Cc1ncc(NC(=O)c2ncnc3c2CCCC3)s1. The van der Waals surface area contributed by atoms with E-state index >= 15 is 0 Å². The molecule has 0 atom stereocenters. The molecular formula is C13H14N4OS. The number of carbonyl (C=O) groups is 1. The molecule has 3 rings (SSSR count). The van der Waals surface area contributed by atoms with Crippen molar-refractivity contribution in [2.24, 2.45) is 0 Å². The van der Waals surface area contributed by atoms with Crippen LogP contribution in [0.3, 0.4) is 0 Å². The second-order valence-electron chi connectivity index (χ2n) is 4.55. The molecule has 0 saturated carbocycles. The van der Waals surface area contributed by atoms with Crippen LogP contribution in [0, 0.1) is 6.92 Å². The van der Waals surface area contributed by atoms with Crippen molar-refractivity contribution in [3.63, 3.8) is 0 Å². The number of aromatic nitrogens is 3. The number of rotatable bonds is 2. The Balaban J connectivity index is 1.87. The highest BCUT2D eigenvalue weighted by Gasteiger charge is 2.20. The Bertz CT molecular complexity index is 623. The summed E-state index contributed by atoms with van der Waals surface area (Å²) in [7, 11) is 0. The molecule has 98 valence electrons. The zero-order chi connectivity index (χ0) is 13.2. The minimum Gasteiger partial charge on any atom is -0.311 e. The predicted octanol–water partition coefficient (Wildman–Crippen LogP) is 2.37. The van der Waals surface area contributed by atoms with Crippen molar-refractivity contribution >= 4 is 22.2 Å². The van der Waals surface area contributed by atoms with Crippen molar-refractivity contribution < 1.29 is 4.79 Å². The van der Waals surface area contributed by atoms with Crippen LogP contribution >= 0.6 is 11.3 Å². The molecule has 1 N–H and O–H groups in total.